The minimum atomic E-state index is -0.449. The highest BCUT2D eigenvalue weighted by molar-refractivity contribution is 5.97. The molecule has 0 unspecified atom stereocenters. The van der Waals surface area contributed by atoms with Crippen LogP contribution in [-0.4, -0.2) is 42.2 Å². The molecule has 8 nitrogen and oxygen atoms in total. The summed E-state index contributed by atoms with van der Waals surface area (Å²) in [5, 5.41) is 8.82. The van der Waals surface area contributed by atoms with Gasteiger partial charge < -0.3 is 24.8 Å². The maximum Gasteiger partial charge on any atom is 0.322 e. The molecular formula is C16H18N4O4. The number of methoxy groups -OCH3 is 1. The smallest absolute Gasteiger partial charge is 0.322 e. The number of ether oxygens (including phenoxy) is 1. The number of hydrogen-bond acceptors (Lipinski definition) is 5. The molecule has 2 aromatic rings. The molecule has 0 fully saturated rings. The van der Waals surface area contributed by atoms with E-state index in [4.69, 9.17) is 4.74 Å². The third-order valence-electron chi connectivity index (χ3n) is 3.03. The van der Waals surface area contributed by atoms with Crippen molar-refractivity contribution in [2.45, 2.75) is 0 Å². The van der Waals surface area contributed by atoms with E-state index in [1.54, 1.807) is 24.3 Å². The first-order chi connectivity index (χ1) is 11.6. The number of nitrogens with zero attached hydrogens (tertiary/aromatic N) is 2. The molecule has 126 valence electrons. The maximum absolute atomic E-state index is 12.4. The van der Waals surface area contributed by atoms with E-state index in [1.165, 1.54) is 30.4 Å². The molecule has 0 saturated carbocycles. The van der Waals surface area contributed by atoms with E-state index in [-0.39, 0.29) is 18.9 Å². The van der Waals surface area contributed by atoms with Crippen molar-refractivity contribution in [2.75, 3.05) is 30.8 Å². The van der Waals surface area contributed by atoms with Gasteiger partial charge in [-0.1, -0.05) is 23.4 Å². The molecular weight excluding hydrogens is 312 g/mol. The van der Waals surface area contributed by atoms with Crippen LogP contribution >= 0.6 is 0 Å². The van der Waals surface area contributed by atoms with Crippen LogP contribution in [-0.2, 0) is 4.79 Å². The zero-order valence-corrected chi connectivity index (χ0v) is 13.2. The molecule has 0 radical (unpaired) electrons. The van der Waals surface area contributed by atoms with Gasteiger partial charge in [-0.3, -0.25) is 4.79 Å². The van der Waals surface area contributed by atoms with E-state index in [2.05, 4.69) is 26.9 Å². The number of aromatic nitrogens is 1. The predicted octanol–water partition coefficient (Wildman–Crippen LogP) is 2.34. The average molecular weight is 330 g/mol. The number of benzene rings is 1. The van der Waals surface area contributed by atoms with Gasteiger partial charge in [-0.15, -0.1) is 6.58 Å². The van der Waals surface area contributed by atoms with Crippen molar-refractivity contribution >= 4 is 23.4 Å². The topological polar surface area (TPSA) is 96.7 Å². The Balaban J connectivity index is 2.01. The van der Waals surface area contributed by atoms with Crippen molar-refractivity contribution in [3.63, 3.8) is 0 Å². The second kappa shape index (κ2) is 8.37. The van der Waals surface area contributed by atoms with Crippen molar-refractivity contribution in [1.29, 1.82) is 0 Å². The highest BCUT2D eigenvalue weighted by Crippen LogP contribution is 2.23. The van der Waals surface area contributed by atoms with Crippen molar-refractivity contribution in [3.8, 4) is 5.75 Å². The van der Waals surface area contributed by atoms with Gasteiger partial charge in [0.1, 0.15) is 18.6 Å². The number of nitrogens with one attached hydrogen (secondary N) is 2. The molecule has 3 amide bonds. The molecule has 1 heterocycles. The molecule has 2 rings (SSSR count). The SMILES string of the molecule is C=CCN(CC(=O)Nc1ccon1)C(=O)Nc1ccccc1OC. The van der Waals surface area contributed by atoms with Crippen molar-refractivity contribution < 1.29 is 18.8 Å². The van der Waals surface area contributed by atoms with E-state index in [1.807, 2.05) is 0 Å². The van der Waals surface area contributed by atoms with Crippen LogP contribution in [0.5, 0.6) is 5.75 Å². The van der Waals surface area contributed by atoms with Crippen LogP contribution < -0.4 is 15.4 Å². The van der Waals surface area contributed by atoms with Crippen LogP contribution in [0.25, 0.3) is 0 Å². The van der Waals surface area contributed by atoms with Gasteiger partial charge in [0.2, 0.25) is 5.91 Å². The van der Waals surface area contributed by atoms with Crippen LogP contribution in [0.2, 0.25) is 0 Å². The van der Waals surface area contributed by atoms with Gasteiger partial charge >= 0.3 is 6.03 Å². The summed E-state index contributed by atoms with van der Waals surface area (Å²) in [4.78, 5) is 25.7. The Bertz CT molecular complexity index is 700. The average Bonchev–Trinajstić information content (AvgIpc) is 3.07. The summed E-state index contributed by atoms with van der Waals surface area (Å²) >= 11 is 0. The maximum atomic E-state index is 12.4. The van der Waals surface area contributed by atoms with Crippen LogP contribution in [0.15, 0.2) is 53.8 Å². The van der Waals surface area contributed by atoms with Crippen LogP contribution in [0, 0.1) is 0 Å². The molecule has 8 heteroatoms. The fourth-order valence-electron chi connectivity index (χ4n) is 1.95. The number of anilines is 2. The first kappa shape index (κ1) is 17.1. The normalized spacial score (nSPS) is 9.88. The summed E-state index contributed by atoms with van der Waals surface area (Å²) < 4.78 is 9.82. The van der Waals surface area contributed by atoms with Gasteiger partial charge in [-0.25, -0.2) is 4.79 Å². The lowest BCUT2D eigenvalue weighted by Crippen LogP contribution is -2.40. The summed E-state index contributed by atoms with van der Waals surface area (Å²) in [6.45, 7) is 3.64. The minimum Gasteiger partial charge on any atom is -0.495 e. The van der Waals surface area contributed by atoms with E-state index >= 15 is 0 Å². The molecule has 2 N–H and O–H groups in total. The van der Waals surface area contributed by atoms with Crippen LogP contribution in [0.3, 0.4) is 0 Å². The summed E-state index contributed by atoms with van der Waals surface area (Å²) in [6.07, 6.45) is 2.87. The van der Waals surface area contributed by atoms with Crippen LogP contribution in [0.1, 0.15) is 0 Å². The van der Waals surface area contributed by atoms with Gasteiger partial charge in [0.25, 0.3) is 0 Å². The van der Waals surface area contributed by atoms with Gasteiger partial charge in [0.15, 0.2) is 5.82 Å². The third kappa shape index (κ3) is 4.60. The lowest BCUT2D eigenvalue weighted by molar-refractivity contribution is -0.116. The Morgan fingerprint density at radius 2 is 2.12 bits per heavy atom. The van der Waals surface area contributed by atoms with Crippen molar-refractivity contribution in [3.05, 3.63) is 49.2 Å². The standard InChI is InChI=1S/C16H18N4O4/c1-3-9-20(11-15(21)18-14-8-10-24-19-14)16(22)17-12-6-4-5-7-13(12)23-2/h3-8,10H,1,9,11H2,2H3,(H,17,22)(H,18,19,21). The molecule has 0 atom stereocenters. The Morgan fingerprint density at radius 3 is 2.79 bits per heavy atom. The number of urea groups is 1. The molecule has 1 aromatic heterocycles. The quantitative estimate of drug-likeness (QED) is 0.760. The molecule has 0 aliphatic heterocycles. The predicted molar refractivity (Wildman–Crippen MR) is 88.9 cm³/mol. The Morgan fingerprint density at radius 1 is 1.33 bits per heavy atom. The molecule has 0 saturated heterocycles. The molecule has 0 aliphatic rings. The number of carbonyl (C=O) groups excluding carboxylic acids is 2. The highest BCUT2D eigenvalue weighted by atomic mass is 16.5. The number of carbonyl (C=O) groups is 2. The first-order valence-corrected chi connectivity index (χ1v) is 7.14. The van der Waals surface area contributed by atoms with Crippen molar-refractivity contribution in [1.82, 2.24) is 10.1 Å². The van der Waals surface area contributed by atoms with E-state index in [0.717, 1.165) is 0 Å². The monoisotopic (exact) mass is 330 g/mol. The zero-order valence-electron chi connectivity index (χ0n) is 13.2. The zero-order chi connectivity index (χ0) is 17.4. The first-order valence-electron chi connectivity index (χ1n) is 7.14. The minimum absolute atomic E-state index is 0.167. The molecule has 1 aromatic carbocycles. The largest absolute Gasteiger partial charge is 0.495 e. The van der Waals surface area contributed by atoms with Gasteiger partial charge in [0, 0.05) is 12.6 Å². The molecule has 0 bridgehead atoms. The van der Waals surface area contributed by atoms with Gasteiger partial charge in [-0.05, 0) is 12.1 Å². The second-order valence-electron chi connectivity index (χ2n) is 4.73. The molecule has 0 aliphatic carbocycles. The fraction of sp³-hybridized carbons (Fsp3) is 0.188. The summed E-state index contributed by atoms with van der Waals surface area (Å²) in [5.41, 5.74) is 0.510. The summed E-state index contributed by atoms with van der Waals surface area (Å²) in [7, 11) is 1.51. The lowest BCUT2D eigenvalue weighted by atomic mass is 10.3. The van der Waals surface area contributed by atoms with E-state index < -0.39 is 11.9 Å². The van der Waals surface area contributed by atoms with E-state index in [0.29, 0.717) is 11.4 Å². The van der Waals surface area contributed by atoms with Gasteiger partial charge in [-0.2, -0.15) is 0 Å². The van der Waals surface area contributed by atoms with Crippen molar-refractivity contribution in [2.24, 2.45) is 0 Å². The lowest BCUT2D eigenvalue weighted by Gasteiger charge is -2.21. The van der Waals surface area contributed by atoms with Crippen LogP contribution in [0.4, 0.5) is 16.3 Å². The summed E-state index contributed by atoms with van der Waals surface area (Å²) in [5.74, 6) is 0.404. The Labute approximate surface area is 139 Å². The molecule has 0 spiro atoms. The number of hydrogen-bond donors (Lipinski definition) is 2. The number of amides is 3. The number of rotatable bonds is 7. The number of para-hydroxylation sites is 2. The molecule has 24 heavy (non-hydrogen) atoms. The van der Waals surface area contributed by atoms with Gasteiger partial charge in [0.05, 0.1) is 12.8 Å². The fourth-order valence-corrected chi connectivity index (χ4v) is 1.95. The van der Waals surface area contributed by atoms with E-state index in [9.17, 15) is 9.59 Å². The summed E-state index contributed by atoms with van der Waals surface area (Å²) in [6, 6.07) is 8.05. The second-order valence-corrected chi connectivity index (χ2v) is 4.73. The Kier molecular flexibility index (Phi) is 5.95. The Hall–Kier alpha value is -3.29. The third-order valence-corrected chi connectivity index (χ3v) is 3.03. The highest BCUT2D eigenvalue weighted by Gasteiger charge is 2.18.